The molecule has 1 amide bonds. The smallest absolute Gasteiger partial charge is 0.246 e. The van der Waals surface area contributed by atoms with Crippen LogP contribution in [0.3, 0.4) is 0 Å². The van der Waals surface area contributed by atoms with Crippen molar-refractivity contribution in [1.29, 1.82) is 0 Å². The summed E-state index contributed by atoms with van der Waals surface area (Å²) >= 11 is 0. The highest BCUT2D eigenvalue weighted by atomic mass is 127. The number of carbonyl (C=O) groups excluding carboxylic acids is 1. The molecule has 0 bridgehead atoms. The van der Waals surface area contributed by atoms with E-state index < -0.39 is 0 Å². The number of carbonyl (C=O) groups is 1. The van der Waals surface area contributed by atoms with E-state index in [2.05, 4.69) is 33.6 Å². The topological polar surface area (TPSA) is 75.0 Å². The van der Waals surface area contributed by atoms with Crippen molar-refractivity contribution in [3.63, 3.8) is 0 Å². The number of fused-ring (bicyclic) bond motifs is 1. The van der Waals surface area contributed by atoms with E-state index in [1.807, 2.05) is 42.4 Å². The van der Waals surface area contributed by atoms with Crippen molar-refractivity contribution in [2.75, 3.05) is 44.7 Å². The molecule has 2 aromatic carbocycles. The summed E-state index contributed by atoms with van der Waals surface area (Å²) in [6.07, 6.45) is 3.57. The summed E-state index contributed by atoms with van der Waals surface area (Å²) in [4.78, 5) is 20.7. The molecular formula is C22H27IN6O2. The molecule has 1 N–H and O–H groups in total. The Hall–Kier alpha value is -2.82. The molecule has 1 aliphatic rings. The number of piperazine rings is 1. The first-order valence-corrected chi connectivity index (χ1v) is 10.0. The van der Waals surface area contributed by atoms with Crippen LogP contribution in [0.5, 0.6) is 5.75 Å². The van der Waals surface area contributed by atoms with Crippen molar-refractivity contribution in [3.05, 3.63) is 54.9 Å². The Morgan fingerprint density at radius 1 is 1.19 bits per heavy atom. The van der Waals surface area contributed by atoms with Gasteiger partial charge in [0.05, 0.1) is 18.4 Å². The monoisotopic (exact) mass is 534 g/mol. The van der Waals surface area contributed by atoms with Crippen LogP contribution in [-0.2, 0) is 11.8 Å². The van der Waals surface area contributed by atoms with Gasteiger partial charge in [-0.1, -0.05) is 36.4 Å². The van der Waals surface area contributed by atoms with Gasteiger partial charge in [0.1, 0.15) is 18.9 Å². The van der Waals surface area contributed by atoms with Crippen LogP contribution >= 0.6 is 24.0 Å². The van der Waals surface area contributed by atoms with Crippen molar-refractivity contribution in [3.8, 4) is 5.75 Å². The average Bonchev–Trinajstić information content (AvgIpc) is 3.19. The van der Waals surface area contributed by atoms with E-state index in [9.17, 15) is 4.79 Å². The van der Waals surface area contributed by atoms with E-state index in [4.69, 9.17) is 4.74 Å². The van der Waals surface area contributed by atoms with E-state index in [1.165, 1.54) is 0 Å². The Morgan fingerprint density at radius 3 is 2.74 bits per heavy atom. The van der Waals surface area contributed by atoms with Gasteiger partial charge in [0.25, 0.3) is 0 Å². The largest absolute Gasteiger partial charge is 0.491 e. The van der Waals surface area contributed by atoms with E-state index >= 15 is 0 Å². The number of anilines is 1. The zero-order valence-corrected chi connectivity index (χ0v) is 20.0. The number of amides is 1. The molecule has 9 heteroatoms. The summed E-state index contributed by atoms with van der Waals surface area (Å²) in [6, 6.07) is 14.2. The maximum atomic E-state index is 12.6. The van der Waals surface area contributed by atoms with E-state index in [0.717, 1.165) is 22.2 Å². The zero-order valence-electron chi connectivity index (χ0n) is 17.7. The normalized spacial score (nSPS) is 14.5. The molecule has 3 aromatic rings. The number of benzene rings is 2. The molecule has 1 aromatic heterocycles. The third-order valence-electron chi connectivity index (χ3n) is 5.13. The van der Waals surface area contributed by atoms with Gasteiger partial charge >= 0.3 is 0 Å². The van der Waals surface area contributed by atoms with Gasteiger partial charge in [-0.05, 0) is 11.5 Å². The van der Waals surface area contributed by atoms with Crippen LogP contribution in [-0.4, -0.2) is 66.4 Å². The average molecular weight is 534 g/mol. The molecule has 0 unspecified atom stereocenters. The molecule has 0 aliphatic carbocycles. The summed E-state index contributed by atoms with van der Waals surface area (Å²) < 4.78 is 7.68. The predicted molar refractivity (Wildman–Crippen MR) is 133 cm³/mol. The molecule has 0 radical (unpaired) electrons. The number of nitrogens with zero attached hydrogens (tertiary/aromatic N) is 5. The molecule has 1 fully saturated rings. The fourth-order valence-electron chi connectivity index (χ4n) is 3.65. The molecular weight excluding hydrogens is 507 g/mol. The number of aromatic nitrogens is 2. The van der Waals surface area contributed by atoms with Crippen LogP contribution in [0.2, 0.25) is 0 Å². The van der Waals surface area contributed by atoms with Crippen molar-refractivity contribution < 1.29 is 9.53 Å². The van der Waals surface area contributed by atoms with Gasteiger partial charge in [0.2, 0.25) is 5.91 Å². The summed E-state index contributed by atoms with van der Waals surface area (Å²) in [5.74, 6) is 1.60. The SMILES string of the molecule is CN=C(NCCOc1cccc2ccccc12)N1CCN(c2cnn(C)c2)C(=O)C1.I. The van der Waals surface area contributed by atoms with Gasteiger partial charge in [0.15, 0.2) is 5.96 Å². The maximum Gasteiger partial charge on any atom is 0.246 e. The summed E-state index contributed by atoms with van der Waals surface area (Å²) in [6.45, 7) is 2.66. The lowest BCUT2D eigenvalue weighted by atomic mass is 10.1. The number of nitrogens with one attached hydrogen (secondary N) is 1. The van der Waals surface area contributed by atoms with E-state index in [-0.39, 0.29) is 36.4 Å². The van der Waals surface area contributed by atoms with Gasteiger partial charge in [-0.25, -0.2) is 0 Å². The predicted octanol–water partition coefficient (Wildman–Crippen LogP) is 2.49. The van der Waals surface area contributed by atoms with E-state index in [1.54, 1.807) is 22.8 Å². The fraction of sp³-hybridized carbons (Fsp3) is 0.318. The number of aryl methyl sites for hydroxylation is 1. The second kappa shape index (κ2) is 10.5. The standard InChI is InChI=1S/C22H26N6O2.HI/c1-23-22(27-11-12-28(21(29)16-27)18-14-25-26(2)15-18)24-10-13-30-20-9-5-7-17-6-3-4-8-19(17)20;/h3-9,14-15H,10-13,16H2,1-2H3,(H,23,24);1H. The summed E-state index contributed by atoms with van der Waals surface area (Å²) in [7, 11) is 3.57. The first kappa shape index (κ1) is 22.9. The highest BCUT2D eigenvalue weighted by Gasteiger charge is 2.27. The first-order chi connectivity index (χ1) is 14.7. The number of guanidine groups is 1. The summed E-state index contributed by atoms with van der Waals surface area (Å²) in [5, 5.41) is 9.70. The second-order valence-electron chi connectivity index (χ2n) is 7.14. The fourth-order valence-corrected chi connectivity index (χ4v) is 3.65. The van der Waals surface area contributed by atoms with E-state index in [0.29, 0.717) is 32.2 Å². The molecule has 1 aliphatic heterocycles. The third kappa shape index (κ3) is 5.27. The number of hydrogen-bond acceptors (Lipinski definition) is 4. The number of aliphatic imine (C=N–C) groups is 1. The van der Waals surface area contributed by atoms with Crippen LogP contribution in [0.1, 0.15) is 0 Å². The van der Waals surface area contributed by atoms with Crippen LogP contribution in [0.25, 0.3) is 10.8 Å². The molecule has 31 heavy (non-hydrogen) atoms. The number of hydrogen-bond donors (Lipinski definition) is 1. The third-order valence-corrected chi connectivity index (χ3v) is 5.13. The van der Waals surface area contributed by atoms with Gasteiger partial charge in [-0.15, -0.1) is 24.0 Å². The van der Waals surface area contributed by atoms with Crippen LogP contribution in [0.15, 0.2) is 59.9 Å². The lowest BCUT2D eigenvalue weighted by Gasteiger charge is -2.35. The highest BCUT2D eigenvalue weighted by molar-refractivity contribution is 14.0. The lowest BCUT2D eigenvalue weighted by Crippen LogP contribution is -2.55. The van der Waals surface area contributed by atoms with Gasteiger partial charge in [0, 0.05) is 38.8 Å². The van der Waals surface area contributed by atoms with Gasteiger partial charge in [-0.2, -0.15) is 5.10 Å². The van der Waals surface area contributed by atoms with Crippen molar-refractivity contribution in [2.24, 2.45) is 12.0 Å². The second-order valence-corrected chi connectivity index (χ2v) is 7.14. The maximum absolute atomic E-state index is 12.6. The Balaban J connectivity index is 0.00000272. The number of rotatable bonds is 5. The minimum atomic E-state index is 0. The van der Waals surface area contributed by atoms with Crippen LogP contribution in [0.4, 0.5) is 5.69 Å². The van der Waals surface area contributed by atoms with Crippen molar-refractivity contribution >= 4 is 52.3 Å². The van der Waals surface area contributed by atoms with Crippen LogP contribution < -0.4 is 15.0 Å². The van der Waals surface area contributed by atoms with Gasteiger partial charge in [-0.3, -0.25) is 14.5 Å². The minimum absolute atomic E-state index is 0. The molecule has 164 valence electrons. The molecule has 2 heterocycles. The van der Waals surface area contributed by atoms with Crippen LogP contribution in [0, 0.1) is 0 Å². The van der Waals surface area contributed by atoms with Gasteiger partial charge < -0.3 is 19.9 Å². The molecule has 8 nitrogen and oxygen atoms in total. The Kier molecular flexibility index (Phi) is 7.72. The molecule has 0 saturated carbocycles. The molecule has 1 saturated heterocycles. The Bertz CT molecular complexity index is 1060. The molecule has 4 rings (SSSR count). The number of ether oxygens (including phenoxy) is 1. The molecule has 0 spiro atoms. The first-order valence-electron chi connectivity index (χ1n) is 10.0. The number of halogens is 1. The Labute approximate surface area is 198 Å². The molecule has 0 atom stereocenters. The zero-order chi connectivity index (χ0) is 20.9. The quantitative estimate of drug-likeness (QED) is 0.236. The highest BCUT2D eigenvalue weighted by Crippen LogP contribution is 2.24. The minimum Gasteiger partial charge on any atom is -0.491 e. The Morgan fingerprint density at radius 2 is 2.00 bits per heavy atom. The lowest BCUT2D eigenvalue weighted by molar-refractivity contribution is -0.120. The van der Waals surface area contributed by atoms with Crippen molar-refractivity contribution in [1.82, 2.24) is 20.0 Å². The summed E-state index contributed by atoms with van der Waals surface area (Å²) in [5.41, 5.74) is 0.827. The van der Waals surface area contributed by atoms with Crippen molar-refractivity contribution in [2.45, 2.75) is 0 Å².